The SMILES string of the molecule is Cc1cc(Cl)cc(OCc2cc(=N)n(C=N)cc2Br)c1. The summed E-state index contributed by atoms with van der Waals surface area (Å²) in [4.78, 5) is 0. The number of hydrogen-bond acceptors (Lipinski definition) is 3. The lowest BCUT2D eigenvalue weighted by Gasteiger charge is -2.10. The molecule has 6 heteroatoms. The average Bonchev–Trinajstić information content (AvgIpc) is 2.38. The Kier molecular flexibility index (Phi) is 4.62. The number of rotatable bonds is 4. The predicted octanol–water partition coefficient (Wildman–Crippen LogP) is 3.73. The fourth-order valence-electron chi connectivity index (χ4n) is 1.75. The molecule has 0 saturated heterocycles. The van der Waals surface area contributed by atoms with Gasteiger partial charge in [-0.1, -0.05) is 11.6 Å². The molecule has 0 unspecified atom stereocenters. The third-order valence-corrected chi connectivity index (χ3v) is 3.63. The Labute approximate surface area is 130 Å². The molecule has 2 aromatic rings. The lowest BCUT2D eigenvalue weighted by molar-refractivity contribution is 0.305. The first kappa shape index (κ1) is 14.8. The van der Waals surface area contributed by atoms with E-state index in [1.807, 2.05) is 19.1 Å². The molecule has 0 radical (unpaired) electrons. The Hall–Kier alpha value is -1.59. The van der Waals surface area contributed by atoms with Gasteiger partial charge in [0.25, 0.3) is 0 Å². The molecule has 0 bridgehead atoms. The minimum Gasteiger partial charge on any atom is -0.489 e. The summed E-state index contributed by atoms with van der Waals surface area (Å²) >= 11 is 9.39. The van der Waals surface area contributed by atoms with Crippen molar-refractivity contribution in [3.8, 4) is 5.75 Å². The molecule has 2 N–H and O–H groups in total. The summed E-state index contributed by atoms with van der Waals surface area (Å²) in [6, 6.07) is 7.18. The molecule has 104 valence electrons. The van der Waals surface area contributed by atoms with Crippen molar-refractivity contribution >= 4 is 33.9 Å². The van der Waals surface area contributed by atoms with Crippen molar-refractivity contribution in [3.63, 3.8) is 0 Å². The van der Waals surface area contributed by atoms with Crippen LogP contribution in [0.25, 0.3) is 0 Å². The molecule has 2 rings (SSSR count). The maximum atomic E-state index is 7.77. The number of nitrogens with zero attached hydrogens (tertiary/aromatic N) is 1. The number of aryl methyl sites for hydroxylation is 1. The molecule has 20 heavy (non-hydrogen) atoms. The maximum absolute atomic E-state index is 7.77. The van der Waals surface area contributed by atoms with Gasteiger partial charge in [-0.25, -0.2) is 0 Å². The average molecular weight is 355 g/mol. The van der Waals surface area contributed by atoms with E-state index in [-0.39, 0.29) is 5.49 Å². The van der Waals surface area contributed by atoms with Crippen LogP contribution in [0.5, 0.6) is 5.75 Å². The van der Waals surface area contributed by atoms with Crippen LogP contribution in [0.3, 0.4) is 0 Å². The number of halogens is 2. The Morgan fingerprint density at radius 2 is 2.10 bits per heavy atom. The van der Waals surface area contributed by atoms with Crippen molar-refractivity contribution < 1.29 is 4.74 Å². The van der Waals surface area contributed by atoms with Gasteiger partial charge in [-0.3, -0.25) is 15.4 Å². The van der Waals surface area contributed by atoms with Gasteiger partial charge >= 0.3 is 0 Å². The summed E-state index contributed by atoms with van der Waals surface area (Å²) in [6.07, 6.45) is 2.75. The van der Waals surface area contributed by atoms with Gasteiger partial charge in [0.1, 0.15) is 17.8 Å². The molecule has 0 atom stereocenters. The second kappa shape index (κ2) is 6.24. The standard InChI is InChI=1S/C14H13BrClN3O/c1-9-2-11(16)5-12(3-9)20-7-10-4-14(18)19(8-17)6-13(10)15/h2-6,8,17-18H,7H2,1H3. The molecule has 0 aliphatic heterocycles. The van der Waals surface area contributed by atoms with E-state index in [0.29, 0.717) is 17.4 Å². The molecule has 0 spiro atoms. The Bertz CT molecular complexity index is 692. The second-order valence-electron chi connectivity index (χ2n) is 4.32. The van der Waals surface area contributed by atoms with Crippen LogP contribution in [-0.2, 0) is 6.61 Å². The first-order chi connectivity index (χ1) is 9.49. The number of benzene rings is 1. The van der Waals surface area contributed by atoms with Gasteiger partial charge in [0.15, 0.2) is 0 Å². The fourth-order valence-corrected chi connectivity index (χ4v) is 2.48. The van der Waals surface area contributed by atoms with Crippen molar-refractivity contribution in [2.45, 2.75) is 13.5 Å². The molecule has 0 aliphatic carbocycles. The normalized spacial score (nSPS) is 10.3. The third kappa shape index (κ3) is 3.49. The van der Waals surface area contributed by atoms with Crippen LogP contribution in [0.2, 0.25) is 5.02 Å². The Balaban J connectivity index is 2.20. The van der Waals surface area contributed by atoms with E-state index >= 15 is 0 Å². The van der Waals surface area contributed by atoms with Crippen LogP contribution in [0.4, 0.5) is 0 Å². The van der Waals surface area contributed by atoms with Gasteiger partial charge in [0.2, 0.25) is 0 Å². The fraction of sp³-hybridized carbons (Fsp3) is 0.143. The lowest BCUT2D eigenvalue weighted by Crippen LogP contribution is -2.19. The Morgan fingerprint density at radius 1 is 1.35 bits per heavy atom. The largest absolute Gasteiger partial charge is 0.489 e. The van der Waals surface area contributed by atoms with Crippen LogP contribution < -0.4 is 10.2 Å². The highest BCUT2D eigenvalue weighted by Crippen LogP contribution is 2.22. The van der Waals surface area contributed by atoms with Gasteiger partial charge in [-0.05, 0) is 52.7 Å². The van der Waals surface area contributed by atoms with Crippen LogP contribution in [-0.4, -0.2) is 10.9 Å². The van der Waals surface area contributed by atoms with Crippen molar-refractivity contribution in [3.05, 3.63) is 56.6 Å². The van der Waals surface area contributed by atoms with E-state index in [4.69, 9.17) is 27.2 Å². The molecule has 1 aromatic carbocycles. The zero-order valence-corrected chi connectivity index (χ0v) is 13.1. The molecule has 0 aliphatic rings. The molecule has 0 amide bonds. The predicted molar refractivity (Wildman–Crippen MR) is 82.7 cm³/mol. The quantitative estimate of drug-likeness (QED) is 0.638. The highest BCUT2D eigenvalue weighted by atomic mass is 79.9. The monoisotopic (exact) mass is 353 g/mol. The lowest BCUT2D eigenvalue weighted by atomic mass is 10.2. The Morgan fingerprint density at radius 3 is 2.75 bits per heavy atom. The highest BCUT2D eigenvalue weighted by Gasteiger charge is 2.04. The van der Waals surface area contributed by atoms with Gasteiger partial charge in [-0.15, -0.1) is 0 Å². The summed E-state index contributed by atoms with van der Waals surface area (Å²) in [5, 5.41) is 15.6. The van der Waals surface area contributed by atoms with E-state index < -0.39 is 0 Å². The first-order valence-electron chi connectivity index (χ1n) is 5.85. The van der Waals surface area contributed by atoms with Crippen molar-refractivity contribution in [1.29, 1.82) is 10.8 Å². The van der Waals surface area contributed by atoms with Gasteiger partial charge in [0.05, 0.1) is 6.34 Å². The third-order valence-electron chi connectivity index (χ3n) is 2.70. The topological polar surface area (TPSA) is 61.9 Å². The molecular weight excluding hydrogens is 342 g/mol. The van der Waals surface area contributed by atoms with Gasteiger partial charge in [0, 0.05) is 21.3 Å². The number of nitrogens with one attached hydrogen (secondary N) is 2. The number of aromatic nitrogens is 1. The molecular formula is C14H13BrClN3O. The van der Waals surface area contributed by atoms with E-state index in [1.54, 1.807) is 18.3 Å². The summed E-state index contributed by atoms with van der Waals surface area (Å²) in [5.74, 6) is 0.692. The zero-order chi connectivity index (χ0) is 14.7. The minimum atomic E-state index is 0.226. The molecule has 1 aromatic heterocycles. The van der Waals surface area contributed by atoms with Crippen LogP contribution >= 0.6 is 27.5 Å². The van der Waals surface area contributed by atoms with Crippen molar-refractivity contribution in [1.82, 2.24) is 4.57 Å². The first-order valence-corrected chi connectivity index (χ1v) is 7.02. The van der Waals surface area contributed by atoms with E-state index in [1.165, 1.54) is 4.57 Å². The second-order valence-corrected chi connectivity index (χ2v) is 5.61. The number of hydrogen-bond donors (Lipinski definition) is 2. The summed E-state index contributed by atoms with van der Waals surface area (Å²) in [6.45, 7) is 2.27. The van der Waals surface area contributed by atoms with Crippen LogP contribution in [0, 0.1) is 17.7 Å². The molecule has 0 saturated carbocycles. The van der Waals surface area contributed by atoms with Crippen LogP contribution in [0.15, 0.2) is 34.9 Å². The summed E-state index contributed by atoms with van der Waals surface area (Å²) in [5.41, 5.74) is 2.09. The maximum Gasteiger partial charge on any atom is 0.130 e. The summed E-state index contributed by atoms with van der Waals surface area (Å²) in [7, 11) is 0. The summed E-state index contributed by atoms with van der Waals surface area (Å²) < 4.78 is 7.89. The zero-order valence-electron chi connectivity index (χ0n) is 10.8. The van der Waals surface area contributed by atoms with Gasteiger partial charge < -0.3 is 4.74 Å². The molecule has 0 fully saturated rings. The smallest absolute Gasteiger partial charge is 0.130 e. The van der Waals surface area contributed by atoms with Crippen molar-refractivity contribution in [2.75, 3.05) is 0 Å². The van der Waals surface area contributed by atoms with E-state index in [9.17, 15) is 0 Å². The highest BCUT2D eigenvalue weighted by molar-refractivity contribution is 9.10. The van der Waals surface area contributed by atoms with E-state index in [2.05, 4.69) is 15.9 Å². The van der Waals surface area contributed by atoms with Crippen LogP contribution in [0.1, 0.15) is 11.1 Å². The minimum absolute atomic E-state index is 0.226. The van der Waals surface area contributed by atoms with Crippen molar-refractivity contribution in [2.24, 2.45) is 0 Å². The molecule has 4 nitrogen and oxygen atoms in total. The number of ether oxygens (including phenoxy) is 1. The molecule has 1 heterocycles. The van der Waals surface area contributed by atoms with E-state index in [0.717, 1.165) is 21.9 Å². The number of pyridine rings is 1. The van der Waals surface area contributed by atoms with Gasteiger partial charge in [-0.2, -0.15) is 0 Å².